The molecule has 1 aromatic rings. The number of hydrogen-bond acceptors (Lipinski definition) is 2. The molecule has 0 saturated heterocycles. The number of hydrogen-bond donors (Lipinski definition) is 0. The summed E-state index contributed by atoms with van der Waals surface area (Å²) in [4.78, 5) is 0. The van der Waals surface area contributed by atoms with Crippen molar-refractivity contribution in [3.8, 4) is 0 Å². The SMILES string of the molecule is CS(=O)(=O)CC(Cl)c1ccc(Cl)cc1. The van der Waals surface area contributed by atoms with Crippen LogP contribution in [0, 0.1) is 0 Å². The van der Waals surface area contributed by atoms with E-state index in [-0.39, 0.29) is 5.75 Å². The van der Waals surface area contributed by atoms with Gasteiger partial charge in [-0.15, -0.1) is 11.6 Å². The van der Waals surface area contributed by atoms with Gasteiger partial charge in [0.1, 0.15) is 9.84 Å². The Hall–Kier alpha value is -0.250. The summed E-state index contributed by atoms with van der Waals surface area (Å²) in [6.45, 7) is 0. The summed E-state index contributed by atoms with van der Waals surface area (Å²) in [5.41, 5.74) is 0.765. The first-order valence-electron chi connectivity index (χ1n) is 3.96. The molecule has 0 radical (unpaired) electrons. The van der Waals surface area contributed by atoms with Gasteiger partial charge in [0.15, 0.2) is 0 Å². The molecule has 0 spiro atoms. The largest absolute Gasteiger partial charge is 0.229 e. The van der Waals surface area contributed by atoms with E-state index in [9.17, 15) is 8.42 Å². The van der Waals surface area contributed by atoms with Crippen LogP contribution in [0.3, 0.4) is 0 Å². The predicted octanol–water partition coefficient (Wildman–Crippen LogP) is 2.66. The molecule has 0 aromatic heterocycles. The van der Waals surface area contributed by atoms with Crippen LogP contribution in [0.5, 0.6) is 0 Å². The van der Waals surface area contributed by atoms with E-state index in [1.54, 1.807) is 24.3 Å². The second kappa shape index (κ2) is 4.51. The molecular weight excluding hydrogens is 243 g/mol. The summed E-state index contributed by atoms with van der Waals surface area (Å²) in [6.07, 6.45) is 1.16. The molecule has 1 aromatic carbocycles. The van der Waals surface area contributed by atoms with Crippen molar-refractivity contribution in [2.24, 2.45) is 0 Å². The lowest BCUT2D eigenvalue weighted by atomic mass is 10.2. The van der Waals surface area contributed by atoms with Crippen molar-refractivity contribution in [3.63, 3.8) is 0 Å². The van der Waals surface area contributed by atoms with Crippen molar-refractivity contribution < 1.29 is 8.42 Å². The summed E-state index contributed by atoms with van der Waals surface area (Å²) < 4.78 is 21.9. The van der Waals surface area contributed by atoms with Crippen LogP contribution in [0.1, 0.15) is 10.9 Å². The first-order valence-corrected chi connectivity index (χ1v) is 6.83. The molecule has 0 aliphatic carbocycles. The second-order valence-electron chi connectivity index (χ2n) is 3.11. The number of halogens is 2. The fourth-order valence-corrected chi connectivity index (χ4v) is 2.72. The number of rotatable bonds is 3. The smallest absolute Gasteiger partial charge is 0.149 e. The Bertz CT molecular complexity index is 397. The monoisotopic (exact) mass is 252 g/mol. The number of benzene rings is 1. The average Bonchev–Trinajstić information content (AvgIpc) is 2.02. The fraction of sp³-hybridized carbons (Fsp3) is 0.333. The molecule has 1 atom stereocenters. The van der Waals surface area contributed by atoms with Gasteiger partial charge in [0.05, 0.1) is 11.1 Å². The van der Waals surface area contributed by atoms with Crippen LogP contribution in [0.2, 0.25) is 5.02 Å². The Labute approximate surface area is 93.8 Å². The Kier molecular flexibility index (Phi) is 3.81. The van der Waals surface area contributed by atoms with Crippen molar-refractivity contribution in [1.29, 1.82) is 0 Å². The van der Waals surface area contributed by atoms with E-state index in [2.05, 4.69) is 0 Å². The van der Waals surface area contributed by atoms with E-state index in [4.69, 9.17) is 23.2 Å². The number of alkyl halides is 1. The topological polar surface area (TPSA) is 34.1 Å². The fourth-order valence-electron chi connectivity index (χ4n) is 1.03. The lowest BCUT2D eigenvalue weighted by Crippen LogP contribution is -2.08. The summed E-state index contributed by atoms with van der Waals surface area (Å²) in [5, 5.41) is 0.0965. The Morgan fingerprint density at radius 1 is 1.29 bits per heavy atom. The van der Waals surface area contributed by atoms with Gasteiger partial charge in [-0.2, -0.15) is 0 Å². The van der Waals surface area contributed by atoms with Gasteiger partial charge in [0.2, 0.25) is 0 Å². The highest BCUT2D eigenvalue weighted by atomic mass is 35.5. The second-order valence-corrected chi connectivity index (χ2v) is 6.26. The molecule has 0 aliphatic rings. The molecule has 0 saturated carbocycles. The standard InChI is InChI=1S/C9H10Cl2O2S/c1-14(12,13)6-9(11)7-2-4-8(10)5-3-7/h2-5,9H,6H2,1H3. The molecular formula is C9H10Cl2O2S. The van der Waals surface area contributed by atoms with E-state index in [1.165, 1.54) is 0 Å². The molecule has 14 heavy (non-hydrogen) atoms. The molecule has 0 amide bonds. The quantitative estimate of drug-likeness (QED) is 0.776. The van der Waals surface area contributed by atoms with Crippen molar-refractivity contribution in [2.75, 3.05) is 12.0 Å². The van der Waals surface area contributed by atoms with Crippen LogP contribution >= 0.6 is 23.2 Å². The molecule has 0 aliphatic heterocycles. The van der Waals surface area contributed by atoms with Crippen LogP contribution in [-0.2, 0) is 9.84 Å². The van der Waals surface area contributed by atoms with Crippen LogP contribution in [0.4, 0.5) is 0 Å². The van der Waals surface area contributed by atoms with Crippen LogP contribution < -0.4 is 0 Å². The Morgan fingerprint density at radius 3 is 2.21 bits per heavy atom. The molecule has 2 nitrogen and oxygen atoms in total. The van der Waals surface area contributed by atoms with Crippen molar-refractivity contribution >= 4 is 33.0 Å². The van der Waals surface area contributed by atoms with E-state index < -0.39 is 15.2 Å². The third kappa shape index (κ3) is 3.86. The maximum absolute atomic E-state index is 11.0. The zero-order valence-electron chi connectivity index (χ0n) is 7.57. The van der Waals surface area contributed by atoms with Gasteiger partial charge in [-0.25, -0.2) is 8.42 Å². The minimum Gasteiger partial charge on any atom is -0.229 e. The molecule has 0 heterocycles. The first-order chi connectivity index (χ1) is 6.38. The predicted molar refractivity (Wildman–Crippen MR) is 59.8 cm³/mol. The summed E-state index contributed by atoms with van der Waals surface area (Å²) in [5.74, 6) is -0.0593. The summed E-state index contributed by atoms with van der Waals surface area (Å²) in [7, 11) is -3.05. The van der Waals surface area contributed by atoms with E-state index in [1.807, 2.05) is 0 Å². The van der Waals surface area contributed by atoms with E-state index >= 15 is 0 Å². The molecule has 5 heteroatoms. The van der Waals surface area contributed by atoms with E-state index in [0.717, 1.165) is 11.8 Å². The lowest BCUT2D eigenvalue weighted by molar-refractivity contribution is 0.600. The molecule has 78 valence electrons. The van der Waals surface area contributed by atoms with Gasteiger partial charge in [-0.05, 0) is 17.7 Å². The van der Waals surface area contributed by atoms with Gasteiger partial charge in [-0.3, -0.25) is 0 Å². The van der Waals surface area contributed by atoms with Gasteiger partial charge >= 0.3 is 0 Å². The normalized spacial score (nSPS) is 13.9. The number of sulfone groups is 1. The van der Waals surface area contributed by atoms with Crippen LogP contribution in [0.15, 0.2) is 24.3 Å². The molecule has 0 bridgehead atoms. The minimum absolute atomic E-state index is 0.0593. The zero-order chi connectivity index (χ0) is 10.8. The van der Waals surface area contributed by atoms with Gasteiger partial charge < -0.3 is 0 Å². The summed E-state index contributed by atoms with van der Waals surface area (Å²) in [6, 6.07) is 6.83. The lowest BCUT2D eigenvalue weighted by Gasteiger charge is -2.07. The third-order valence-corrected chi connectivity index (χ3v) is 3.46. The molecule has 0 N–H and O–H groups in total. The highest BCUT2D eigenvalue weighted by Gasteiger charge is 2.14. The van der Waals surface area contributed by atoms with Gasteiger partial charge in [0.25, 0.3) is 0 Å². The maximum Gasteiger partial charge on any atom is 0.149 e. The molecule has 1 rings (SSSR count). The summed E-state index contributed by atoms with van der Waals surface area (Å²) >= 11 is 11.6. The first kappa shape index (κ1) is 11.8. The van der Waals surface area contributed by atoms with Crippen molar-refractivity contribution in [1.82, 2.24) is 0 Å². The highest BCUT2D eigenvalue weighted by Crippen LogP contribution is 2.23. The average molecular weight is 253 g/mol. The van der Waals surface area contributed by atoms with E-state index in [0.29, 0.717) is 5.02 Å². The van der Waals surface area contributed by atoms with Crippen LogP contribution in [-0.4, -0.2) is 20.4 Å². The molecule has 1 unspecified atom stereocenters. The van der Waals surface area contributed by atoms with Crippen LogP contribution in [0.25, 0.3) is 0 Å². The van der Waals surface area contributed by atoms with Gasteiger partial charge in [0, 0.05) is 11.3 Å². The maximum atomic E-state index is 11.0. The van der Waals surface area contributed by atoms with Crippen molar-refractivity contribution in [2.45, 2.75) is 5.38 Å². The third-order valence-electron chi connectivity index (χ3n) is 1.68. The zero-order valence-corrected chi connectivity index (χ0v) is 9.90. The Morgan fingerprint density at radius 2 is 1.79 bits per heavy atom. The van der Waals surface area contributed by atoms with Gasteiger partial charge in [-0.1, -0.05) is 23.7 Å². The minimum atomic E-state index is -3.05. The highest BCUT2D eigenvalue weighted by molar-refractivity contribution is 7.90. The Balaban J connectivity index is 2.80. The van der Waals surface area contributed by atoms with Crippen molar-refractivity contribution in [3.05, 3.63) is 34.9 Å². The molecule has 0 fully saturated rings.